The Morgan fingerprint density at radius 2 is 0.850 bits per heavy atom. The summed E-state index contributed by atoms with van der Waals surface area (Å²) in [4.78, 5) is 230. The third-order valence-corrected chi connectivity index (χ3v) is 25.1. The van der Waals surface area contributed by atoms with Crippen LogP contribution in [0.4, 0.5) is 11.6 Å². The third-order valence-electron chi connectivity index (χ3n) is 21.6. The number of carbonyl (C=O) groups is 15. The minimum Gasteiger partial charge on any atom is -0.481 e. The molecule has 2 heterocycles. The number of aromatic amines is 1. The Balaban J connectivity index is 1.19. The number of hydrogen-bond donors (Lipinski definition) is 32. The van der Waals surface area contributed by atoms with Crippen LogP contribution in [0.3, 0.4) is 0 Å². The van der Waals surface area contributed by atoms with Gasteiger partial charge in [-0.05, 0) is 91.5 Å². The van der Waals surface area contributed by atoms with Gasteiger partial charge in [0.25, 0.3) is 11.5 Å². The molecule has 772 valence electrons. The van der Waals surface area contributed by atoms with Crippen LogP contribution in [0, 0.1) is 0 Å². The van der Waals surface area contributed by atoms with E-state index in [9.17, 15) is 174 Å². The molecule has 5 aromatic rings. The van der Waals surface area contributed by atoms with Gasteiger partial charge in [-0.1, -0.05) is 70.1 Å². The van der Waals surface area contributed by atoms with Gasteiger partial charge >= 0.3 is 29.8 Å². The molecule has 1 aliphatic carbocycles. The van der Waals surface area contributed by atoms with Crippen LogP contribution < -0.4 is 69.8 Å². The molecule has 6 rings (SSSR count). The monoisotopic (exact) mass is 2030 g/mol. The summed E-state index contributed by atoms with van der Waals surface area (Å²) in [6.45, 7) is -6.04. The van der Waals surface area contributed by atoms with Crippen molar-refractivity contribution in [3.63, 3.8) is 0 Å². The number of benzene rings is 3. The van der Waals surface area contributed by atoms with Crippen LogP contribution in [0.15, 0.2) is 83.8 Å². The molecule has 1 aliphatic rings. The van der Waals surface area contributed by atoms with Crippen molar-refractivity contribution in [1.82, 2.24) is 73.1 Å². The van der Waals surface area contributed by atoms with E-state index in [4.69, 9.17) is 10.5 Å². The molecule has 19 atom stereocenters. The molecular weight excluding hydrogens is 1920 g/mol. The van der Waals surface area contributed by atoms with Crippen molar-refractivity contribution in [3.05, 3.63) is 112 Å². The number of esters is 1. The second-order valence-electron chi connectivity index (χ2n) is 32.1. The normalized spacial score (nSPS) is 15.8. The van der Waals surface area contributed by atoms with E-state index in [1.54, 1.807) is 0 Å². The van der Waals surface area contributed by atoms with Crippen molar-refractivity contribution < 1.29 is 174 Å². The first-order chi connectivity index (χ1) is 66.4. The number of aromatic nitrogens is 4. The Kier molecular flexibility index (Phi) is 49.6. The molecule has 0 aliphatic heterocycles. The zero-order valence-electron chi connectivity index (χ0n) is 75.0. The lowest BCUT2D eigenvalue weighted by atomic mass is 9.99. The van der Waals surface area contributed by atoms with E-state index in [1.807, 2.05) is 48.5 Å². The Labute approximate surface area is 808 Å². The van der Waals surface area contributed by atoms with Crippen molar-refractivity contribution in [2.75, 3.05) is 80.1 Å². The largest absolute Gasteiger partial charge is 0.481 e. The van der Waals surface area contributed by atoms with Crippen LogP contribution in [0.25, 0.3) is 22.3 Å². The number of thioether (sulfide) groups is 1. The van der Waals surface area contributed by atoms with Crippen molar-refractivity contribution in [3.8, 4) is 11.1 Å². The molecule has 52 nitrogen and oxygen atoms in total. The predicted octanol–water partition coefficient (Wildman–Crippen LogP) is -9.16. The number of aliphatic carboxylic acids is 4. The Hall–Kier alpha value is -12.0. The molecule has 0 saturated heterocycles. The van der Waals surface area contributed by atoms with Gasteiger partial charge in [0.15, 0.2) is 11.2 Å². The second kappa shape index (κ2) is 59.5. The van der Waals surface area contributed by atoms with Gasteiger partial charge in [0.05, 0.1) is 56.6 Å². The fourth-order valence-corrected chi connectivity index (χ4v) is 16.7. The highest BCUT2D eigenvalue weighted by Gasteiger charge is 2.39. The summed E-state index contributed by atoms with van der Waals surface area (Å²) < 4.78 is 5.22. The number of aliphatic hydroxyl groups is 15. The molecular formula is C85H118N16O36S3. The molecule has 0 spiro atoms. The topological polar surface area (TPSA) is 880 Å². The van der Waals surface area contributed by atoms with E-state index >= 15 is 0 Å². The highest BCUT2D eigenvalue weighted by Crippen LogP contribution is 2.46. The second-order valence-corrected chi connectivity index (χ2v) is 35.9. The molecule has 55 heteroatoms. The number of fused-ring (bicyclic) bond motifs is 4. The molecule has 0 radical (unpaired) electrons. The zero-order chi connectivity index (χ0) is 104. The zero-order valence-corrected chi connectivity index (χ0v) is 77.5. The highest BCUT2D eigenvalue weighted by atomic mass is 33.1. The summed E-state index contributed by atoms with van der Waals surface area (Å²) in [6.07, 6.45) is -33.6. The Morgan fingerprint density at radius 3 is 1.30 bits per heavy atom. The summed E-state index contributed by atoms with van der Waals surface area (Å²) in [5.74, 6) is -19.4. The van der Waals surface area contributed by atoms with Crippen LogP contribution >= 0.6 is 33.3 Å². The Morgan fingerprint density at radius 1 is 0.436 bits per heavy atom. The van der Waals surface area contributed by atoms with Gasteiger partial charge in [-0.25, -0.2) is 19.6 Å². The quantitative estimate of drug-likeness (QED) is 0.00976. The molecule has 140 heavy (non-hydrogen) atoms. The number of carbonyl (C=O) groups excluding carboxylic acids is 11. The number of nitrogens with two attached hydrogens (primary N) is 1. The number of amides is 10. The molecule has 3 aromatic carbocycles. The number of anilines is 2. The number of H-pyrrole nitrogens is 1. The molecule has 0 saturated carbocycles. The number of carboxylic acids is 4. The number of aliphatic hydroxyl groups excluding tert-OH is 15. The lowest BCUT2D eigenvalue weighted by Gasteiger charge is -2.28. The van der Waals surface area contributed by atoms with Crippen LogP contribution in [0.5, 0.6) is 0 Å². The van der Waals surface area contributed by atoms with E-state index in [-0.39, 0.29) is 59.7 Å². The predicted molar refractivity (Wildman–Crippen MR) is 493 cm³/mol. The number of hydrogen-bond acceptors (Lipinski definition) is 40. The van der Waals surface area contributed by atoms with Gasteiger partial charge in [-0.15, -0.1) is 0 Å². The maximum atomic E-state index is 14.9. The fourth-order valence-electron chi connectivity index (χ4n) is 13.7. The van der Waals surface area contributed by atoms with Gasteiger partial charge in [-0.2, -0.15) is 16.7 Å². The van der Waals surface area contributed by atoms with Gasteiger partial charge in [0.1, 0.15) is 104 Å². The van der Waals surface area contributed by atoms with E-state index in [2.05, 4.69) is 78.4 Å². The van der Waals surface area contributed by atoms with Crippen LogP contribution in [-0.2, 0) is 78.4 Å². The smallest absolute Gasteiger partial charge is 0.327 e. The molecule has 10 amide bonds. The first-order valence-electron chi connectivity index (χ1n) is 43.8. The van der Waals surface area contributed by atoms with E-state index < -0.39 is 339 Å². The number of ether oxygens (including phenoxy) is 1. The van der Waals surface area contributed by atoms with Crippen molar-refractivity contribution in [1.29, 1.82) is 0 Å². The number of carboxylic acid groups (broad SMARTS) is 4. The summed E-state index contributed by atoms with van der Waals surface area (Å²) >= 11 is 1.37. The number of nitrogen functional groups attached to an aromatic ring is 1. The number of nitrogens with one attached hydrogen (secondary N) is 12. The molecule has 0 bridgehead atoms. The lowest BCUT2D eigenvalue weighted by Crippen LogP contribution is -2.59. The van der Waals surface area contributed by atoms with Crippen LogP contribution in [-0.4, -0.2) is 390 Å². The van der Waals surface area contributed by atoms with E-state index in [1.165, 1.54) is 42.2 Å². The van der Waals surface area contributed by atoms with Gasteiger partial charge in [0, 0.05) is 105 Å². The minimum atomic E-state index is -2.23. The molecule has 2 aromatic heterocycles. The SMILES string of the molecule is Nc1nc2ncc(CNc3ccc(C(=O)N[C@@H](CCC(=O)OCCSSC[C@H](NC(=O)[C@H](CCCC(=O)NC[C@H](O)[C@@H](O)[C@H](O)[C@H](O)CO)NC(=O)[C@H](CCC(=O)O)NC(=O)[C@H](CCC(=O)NC[C@H](O)[C@@H](O)[C@H](O)[C@H](O)CO)NC(=O)[C@H](CCC(=O)O)NC(=O)[C@H](CCC(=O)NC[C@H](O)[C@@H](O)[C@H](O)[C@H](O)CO)NC(=O)CCSCC4c5ccccc5-c5ccccc54)C(=O)O)C(=O)O)cc3)nc2c(=O)[nH]1. The van der Waals surface area contributed by atoms with Crippen LogP contribution in [0.1, 0.15) is 123 Å². The van der Waals surface area contributed by atoms with Crippen molar-refractivity contribution in [2.24, 2.45) is 0 Å². The summed E-state index contributed by atoms with van der Waals surface area (Å²) in [5.41, 5.74) is 9.90. The van der Waals surface area contributed by atoms with E-state index in [0.717, 1.165) is 43.8 Å². The third kappa shape index (κ3) is 38.5. The summed E-state index contributed by atoms with van der Waals surface area (Å²) in [7, 11) is 1.68. The van der Waals surface area contributed by atoms with Crippen molar-refractivity contribution in [2.45, 2.75) is 218 Å². The fraction of sp³-hybridized carbons (Fsp3) is 0.541. The van der Waals surface area contributed by atoms with Crippen molar-refractivity contribution >= 4 is 145 Å². The maximum Gasteiger partial charge on any atom is 0.327 e. The average molecular weight is 2040 g/mol. The van der Waals surface area contributed by atoms with E-state index in [0.29, 0.717) is 17.1 Å². The average Bonchev–Trinajstić information content (AvgIpc) is 1.61. The van der Waals surface area contributed by atoms with Crippen LogP contribution in [0.2, 0.25) is 0 Å². The molecule has 33 N–H and O–H groups in total. The number of rotatable bonds is 66. The van der Waals surface area contributed by atoms with Gasteiger partial charge in [0.2, 0.25) is 59.1 Å². The molecule has 0 unspecified atom stereocenters. The standard InChI is InChI=1S/C85H118N16O36S3/c86-85-100-75-68(82(132)101-85)92-42(31-91-75)30-87-41-14-12-40(13-15-41)76(126)98-53(83(133)134)20-25-67(119)137-27-29-139-140-39-54(84(135)136)99-77(127)48(10-5-11-61(111)88-32-55(105)69(120)72(123)58(108)35-102)94-80(130)51(18-23-65(115)116)97-79(129)50(17-22-63(113)90-34-57(107)71(122)74(125)60(110)37-104)95-81(131)52(19-24-66(117)118)96-78(128)49(16-21-62(112)89-33-56(106)70(121)73(124)59(109)36-103)93-64(114)26-28-138-38-47-45-8-3-1-6-43(45)44-7-2-4-9-46(44)47/h1-4,6-9,12-15,31,47-60,69-74,87,102-110,120-125H,5,10-11,16-30,32-39H2,(H,88,111)(H,89,112)(H,90,113)(H,93,114)(H,94,130)(H,95,131)(H,96,128)(H,97,129)(H,98,126)(H,99,127)(H,115,116)(H,117,118)(H,133,134)(H,135,136)(H3,86,91,100,101,132)/t48-,49-,50-,51-,52-,53-,54-,55-,56-,57-,58+,59+,60+,69+,70+,71+,72+,73+,74+/m0/s1. The lowest BCUT2D eigenvalue weighted by molar-refractivity contribution is -0.144. The molecule has 0 fully saturated rings. The summed E-state index contributed by atoms with van der Waals surface area (Å²) in [6, 6.07) is 7.42. The van der Waals surface area contributed by atoms with Gasteiger partial charge in [-0.3, -0.25) is 72.1 Å². The summed E-state index contributed by atoms with van der Waals surface area (Å²) in [5, 5.41) is 216. The maximum absolute atomic E-state index is 14.9. The minimum absolute atomic E-state index is 0.0275. The highest BCUT2D eigenvalue weighted by molar-refractivity contribution is 8.76. The first-order valence-corrected chi connectivity index (χ1v) is 47.4. The van der Waals surface area contributed by atoms with Gasteiger partial charge < -0.3 is 166 Å². The first kappa shape index (κ1) is 117. The number of nitrogens with zero attached hydrogens (tertiary/aromatic N) is 3. The Bertz CT molecular complexity index is 5010.